The number of sulfone groups is 1. The number of hydrogen-bond donors (Lipinski definition) is 1. The SMILES string of the molecule is CC1CC(CN)CN1C(=O)c1cccc(CS(=O)(=O)c2ccccc2)c1. The van der Waals surface area contributed by atoms with Crippen molar-refractivity contribution in [1.29, 1.82) is 0 Å². The van der Waals surface area contributed by atoms with E-state index in [9.17, 15) is 13.2 Å². The number of rotatable bonds is 5. The van der Waals surface area contributed by atoms with Gasteiger partial charge in [0, 0.05) is 18.2 Å². The van der Waals surface area contributed by atoms with Crippen molar-refractivity contribution < 1.29 is 13.2 Å². The van der Waals surface area contributed by atoms with E-state index in [4.69, 9.17) is 5.73 Å². The van der Waals surface area contributed by atoms with Crippen LogP contribution >= 0.6 is 0 Å². The highest BCUT2D eigenvalue weighted by molar-refractivity contribution is 7.90. The lowest BCUT2D eigenvalue weighted by atomic mass is 10.1. The summed E-state index contributed by atoms with van der Waals surface area (Å²) in [6.45, 7) is 3.25. The van der Waals surface area contributed by atoms with Crippen molar-refractivity contribution in [2.24, 2.45) is 11.7 Å². The van der Waals surface area contributed by atoms with Crippen LogP contribution in [0.4, 0.5) is 0 Å². The lowest BCUT2D eigenvalue weighted by molar-refractivity contribution is 0.0743. The third-order valence-corrected chi connectivity index (χ3v) is 6.59. The van der Waals surface area contributed by atoms with Crippen LogP contribution < -0.4 is 5.73 Å². The Kier molecular flexibility index (Phi) is 5.44. The molecule has 0 radical (unpaired) electrons. The van der Waals surface area contributed by atoms with Gasteiger partial charge in [-0.2, -0.15) is 0 Å². The summed E-state index contributed by atoms with van der Waals surface area (Å²) in [6.07, 6.45) is 0.907. The zero-order chi connectivity index (χ0) is 18.7. The topological polar surface area (TPSA) is 80.5 Å². The van der Waals surface area contributed by atoms with Crippen molar-refractivity contribution in [3.05, 3.63) is 65.7 Å². The molecule has 1 fully saturated rings. The average molecular weight is 372 g/mol. The Balaban J connectivity index is 1.80. The molecule has 1 aliphatic heterocycles. The standard InChI is InChI=1S/C20H24N2O3S/c1-15-10-17(12-21)13-22(15)20(23)18-7-5-6-16(11-18)14-26(24,25)19-8-3-2-4-9-19/h2-9,11,15,17H,10,12-14,21H2,1H3. The number of nitrogens with two attached hydrogens (primary N) is 1. The van der Waals surface area contributed by atoms with E-state index in [1.807, 2.05) is 11.8 Å². The number of carbonyl (C=O) groups excluding carboxylic acids is 1. The van der Waals surface area contributed by atoms with E-state index in [-0.39, 0.29) is 22.6 Å². The summed E-state index contributed by atoms with van der Waals surface area (Å²) in [7, 11) is -3.44. The van der Waals surface area contributed by atoms with Crippen molar-refractivity contribution in [3.8, 4) is 0 Å². The molecule has 2 N–H and O–H groups in total. The van der Waals surface area contributed by atoms with Crippen molar-refractivity contribution in [1.82, 2.24) is 4.90 Å². The highest BCUT2D eigenvalue weighted by Gasteiger charge is 2.32. The molecule has 0 saturated carbocycles. The predicted molar refractivity (Wildman–Crippen MR) is 101 cm³/mol. The van der Waals surface area contributed by atoms with Crippen LogP contribution in [0.5, 0.6) is 0 Å². The van der Waals surface area contributed by atoms with Crippen LogP contribution in [0, 0.1) is 5.92 Å². The molecule has 1 aliphatic rings. The molecule has 0 spiro atoms. The molecule has 3 rings (SSSR count). The average Bonchev–Trinajstić information content (AvgIpc) is 3.02. The van der Waals surface area contributed by atoms with Gasteiger partial charge < -0.3 is 10.6 Å². The van der Waals surface area contributed by atoms with Gasteiger partial charge in [-0.25, -0.2) is 8.42 Å². The summed E-state index contributed by atoms with van der Waals surface area (Å²) in [5.74, 6) is 0.141. The molecular formula is C20H24N2O3S. The molecule has 1 saturated heterocycles. The lowest BCUT2D eigenvalue weighted by Gasteiger charge is -2.22. The van der Waals surface area contributed by atoms with E-state index in [1.54, 1.807) is 54.6 Å². The Morgan fingerprint density at radius 2 is 1.88 bits per heavy atom. The summed E-state index contributed by atoms with van der Waals surface area (Å²) in [5, 5.41) is 0. The summed E-state index contributed by atoms with van der Waals surface area (Å²) >= 11 is 0. The number of amides is 1. The molecule has 26 heavy (non-hydrogen) atoms. The zero-order valence-corrected chi connectivity index (χ0v) is 15.7. The van der Waals surface area contributed by atoms with Crippen LogP contribution in [0.2, 0.25) is 0 Å². The lowest BCUT2D eigenvalue weighted by Crippen LogP contribution is -2.34. The largest absolute Gasteiger partial charge is 0.336 e. The predicted octanol–water partition coefficient (Wildman–Crippen LogP) is 2.47. The van der Waals surface area contributed by atoms with Gasteiger partial charge in [0.2, 0.25) is 0 Å². The molecule has 5 nitrogen and oxygen atoms in total. The first-order valence-electron chi connectivity index (χ1n) is 8.78. The van der Waals surface area contributed by atoms with Gasteiger partial charge in [0.15, 0.2) is 9.84 Å². The molecular weight excluding hydrogens is 348 g/mol. The molecule has 2 aromatic rings. The van der Waals surface area contributed by atoms with Crippen LogP contribution in [0.1, 0.15) is 29.3 Å². The summed E-state index contributed by atoms with van der Waals surface area (Å²) in [6, 6.07) is 15.4. The van der Waals surface area contributed by atoms with Crippen LogP contribution in [0.25, 0.3) is 0 Å². The monoisotopic (exact) mass is 372 g/mol. The molecule has 2 unspecified atom stereocenters. The summed E-state index contributed by atoms with van der Waals surface area (Å²) in [5.41, 5.74) is 6.88. The minimum atomic E-state index is -3.44. The normalized spacial score (nSPS) is 20.3. The third-order valence-electron chi connectivity index (χ3n) is 4.89. The smallest absolute Gasteiger partial charge is 0.254 e. The van der Waals surface area contributed by atoms with Gasteiger partial charge in [-0.15, -0.1) is 0 Å². The molecule has 1 heterocycles. The summed E-state index contributed by atoms with van der Waals surface area (Å²) < 4.78 is 25.1. The van der Waals surface area contributed by atoms with Gasteiger partial charge in [0.05, 0.1) is 10.6 Å². The minimum Gasteiger partial charge on any atom is -0.336 e. The van der Waals surface area contributed by atoms with Gasteiger partial charge >= 0.3 is 0 Å². The maximum Gasteiger partial charge on any atom is 0.254 e. The van der Waals surface area contributed by atoms with E-state index >= 15 is 0 Å². The van der Waals surface area contributed by atoms with Gasteiger partial charge in [0.25, 0.3) is 5.91 Å². The van der Waals surface area contributed by atoms with Crippen LogP contribution in [-0.2, 0) is 15.6 Å². The first-order chi connectivity index (χ1) is 12.4. The van der Waals surface area contributed by atoms with Crippen molar-refractivity contribution in [2.75, 3.05) is 13.1 Å². The Hall–Kier alpha value is -2.18. The van der Waals surface area contributed by atoms with Crippen molar-refractivity contribution in [3.63, 3.8) is 0 Å². The van der Waals surface area contributed by atoms with E-state index in [0.29, 0.717) is 30.1 Å². The van der Waals surface area contributed by atoms with Crippen molar-refractivity contribution >= 4 is 15.7 Å². The Bertz CT molecular complexity index is 881. The summed E-state index contributed by atoms with van der Waals surface area (Å²) in [4.78, 5) is 15.0. The molecule has 0 aromatic heterocycles. The van der Waals surface area contributed by atoms with Crippen LogP contribution in [0.15, 0.2) is 59.5 Å². The molecule has 0 aliphatic carbocycles. The van der Waals surface area contributed by atoms with Crippen molar-refractivity contribution in [2.45, 2.75) is 30.0 Å². The fraction of sp³-hybridized carbons (Fsp3) is 0.350. The van der Waals surface area contributed by atoms with E-state index in [0.717, 1.165) is 6.42 Å². The Morgan fingerprint density at radius 3 is 2.54 bits per heavy atom. The van der Waals surface area contributed by atoms with E-state index in [2.05, 4.69) is 0 Å². The highest BCUT2D eigenvalue weighted by atomic mass is 32.2. The minimum absolute atomic E-state index is 0.0626. The second-order valence-electron chi connectivity index (χ2n) is 6.92. The quantitative estimate of drug-likeness (QED) is 0.874. The number of nitrogens with zero attached hydrogens (tertiary/aromatic N) is 1. The zero-order valence-electron chi connectivity index (χ0n) is 14.8. The van der Waals surface area contributed by atoms with Gasteiger partial charge in [0.1, 0.15) is 0 Å². The first kappa shape index (κ1) is 18.6. The van der Waals surface area contributed by atoms with Crippen LogP contribution in [0.3, 0.4) is 0 Å². The fourth-order valence-corrected chi connectivity index (χ4v) is 4.84. The molecule has 0 bridgehead atoms. The first-order valence-corrected chi connectivity index (χ1v) is 10.4. The van der Waals surface area contributed by atoms with E-state index < -0.39 is 9.84 Å². The van der Waals surface area contributed by atoms with E-state index in [1.165, 1.54) is 0 Å². The third kappa shape index (κ3) is 3.97. The Morgan fingerprint density at radius 1 is 1.15 bits per heavy atom. The van der Waals surface area contributed by atoms with Gasteiger partial charge in [-0.3, -0.25) is 4.79 Å². The number of likely N-dealkylation sites (tertiary alicyclic amines) is 1. The van der Waals surface area contributed by atoms with Gasteiger partial charge in [-0.1, -0.05) is 30.3 Å². The molecule has 6 heteroatoms. The maximum absolute atomic E-state index is 12.8. The molecule has 2 aromatic carbocycles. The van der Waals surface area contributed by atoms with Gasteiger partial charge in [-0.05, 0) is 55.6 Å². The number of hydrogen-bond acceptors (Lipinski definition) is 4. The second kappa shape index (κ2) is 7.60. The maximum atomic E-state index is 12.8. The van der Waals surface area contributed by atoms with Crippen LogP contribution in [-0.4, -0.2) is 38.4 Å². The second-order valence-corrected chi connectivity index (χ2v) is 8.91. The number of benzene rings is 2. The molecule has 138 valence electrons. The fourth-order valence-electron chi connectivity index (χ4n) is 3.49. The number of carbonyl (C=O) groups is 1. The molecule has 1 amide bonds. The molecule has 2 atom stereocenters. The highest BCUT2D eigenvalue weighted by Crippen LogP contribution is 2.25. The Labute approximate surface area is 154 Å².